The zero-order valence-electron chi connectivity index (χ0n) is 13.5. The highest BCUT2D eigenvalue weighted by molar-refractivity contribution is 5.93. The smallest absolute Gasteiger partial charge is 0.356 e. The lowest BCUT2D eigenvalue weighted by atomic mass is 10.2. The molecule has 0 saturated heterocycles. The van der Waals surface area contributed by atoms with Crippen LogP contribution in [0.4, 0.5) is 0 Å². The van der Waals surface area contributed by atoms with Crippen LogP contribution in [0.2, 0.25) is 0 Å². The van der Waals surface area contributed by atoms with E-state index in [1.165, 1.54) is 13.0 Å². The van der Waals surface area contributed by atoms with Crippen molar-refractivity contribution in [1.29, 1.82) is 0 Å². The zero-order chi connectivity index (χ0) is 17.8. The summed E-state index contributed by atoms with van der Waals surface area (Å²) < 4.78 is 15.6. The molecule has 1 atom stereocenters. The van der Waals surface area contributed by atoms with Crippen molar-refractivity contribution in [2.24, 2.45) is 0 Å². The van der Waals surface area contributed by atoms with E-state index in [1.54, 1.807) is 12.1 Å². The van der Waals surface area contributed by atoms with Crippen LogP contribution in [-0.4, -0.2) is 30.7 Å². The molecule has 3 rings (SSSR count). The number of nitrogens with one attached hydrogen (secondary N) is 3. The second-order valence-corrected chi connectivity index (χ2v) is 5.45. The first kappa shape index (κ1) is 16.6. The minimum Gasteiger partial charge on any atom is -0.454 e. The normalized spacial score (nSPS) is 16.2. The summed E-state index contributed by atoms with van der Waals surface area (Å²) in [5.41, 5.74) is 5.65. The fourth-order valence-electron chi connectivity index (χ4n) is 2.23. The first-order chi connectivity index (χ1) is 12.0. The molecule has 0 aromatic heterocycles. The maximum absolute atomic E-state index is 12.1. The molecule has 9 nitrogen and oxygen atoms in total. The maximum atomic E-state index is 12.1. The number of hydrazine groups is 1. The number of fused-ring (bicyclic) bond motifs is 1. The van der Waals surface area contributed by atoms with Crippen molar-refractivity contribution >= 4 is 17.8 Å². The molecule has 0 unspecified atom stereocenters. The van der Waals surface area contributed by atoms with Crippen molar-refractivity contribution in [2.45, 2.75) is 26.0 Å². The van der Waals surface area contributed by atoms with E-state index in [4.69, 9.17) is 14.2 Å². The predicted octanol–water partition coefficient (Wildman–Crippen LogP) is -0.128. The fourth-order valence-corrected chi connectivity index (χ4v) is 2.23. The second kappa shape index (κ2) is 7.12. The van der Waals surface area contributed by atoms with Crippen LogP contribution in [0.5, 0.6) is 11.5 Å². The first-order valence-corrected chi connectivity index (χ1v) is 7.65. The Bertz CT molecular complexity index is 745. The number of benzene rings is 1. The molecule has 1 aromatic rings. The molecule has 25 heavy (non-hydrogen) atoms. The summed E-state index contributed by atoms with van der Waals surface area (Å²) >= 11 is 0. The van der Waals surface area contributed by atoms with Gasteiger partial charge in [-0.25, -0.2) is 4.79 Å². The molecule has 0 aliphatic carbocycles. The van der Waals surface area contributed by atoms with Crippen molar-refractivity contribution in [3.63, 3.8) is 0 Å². The lowest BCUT2D eigenvalue weighted by Crippen LogP contribution is -2.44. The summed E-state index contributed by atoms with van der Waals surface area (Å²) in [5, 5.41) is 2.68. The van der Waals surface area contributed by atoms with Gasteiger partial charge in [0.05, 0.1) is 0 Å². The van der Waals surface area contributed by atoms with Crippen LogP contribution in [-0.2, 0) is 25.7 Å². The van der Waals surface area contributed by atoms with Gasteiger partial charge in [0.2, 0.25) is 12.7 Å². The number of carbonyl (C=O) groups excluding carboxylic acids is 3. The van der Waals surface area contributed by atoms with E-state index in [0.29, 0.717) is 11.5 Å². The van der Waals surface area contributed by atoms with Gasteiger partial charge in [0.1, 0.15) is 5.70 Å². The van der Waals surface area contributed by atoms with Crippen LogP contribution in [0.3, 0.4) is 0 Å². The van der Waals surface area contributed by atoms with Gasteiger partial charge in [-0.1, -0.05) is 6.07 Å². The molecule has 9 heteroatoms. The fraction of sp³-hybridized carbons (Fsp3) is 0.312. The number of carbonyl (C=O) groups is 3. The number of amides is 2. The third-order valence-electron chi connectivity index (χ3n) is 3.60. The summed E-state index contributed by atoms with van der Waals surface area (Å²) in [5.74, 6) is -0.121. The molecular weight excluding hydrogens is 330 g/mol. The van der Waals surface area contributed by atoms with Gasteiger partial charge in [-0.2, -0.15) is 0 Å². The molecule has 3 N–H and O–H groups in total. The van der Waals surface area contributed by atoms with E-state index >= 15 is 0 Å². The highest BCUT2D eigenvalue weighted by Crippen LogP contribution is 2.32. The number of ether oxygens (including phenoxy) is 3. The Morgan fingerprint density at radius 1 is 1.28 bits per heavy atom. The minimum atomic E-state index is -0.984. The van der Waals surface area contributed by atoms with Crippen LogP contribution in [0, 0.1) is 0 Å². The van der Waals surface area contributed by atoms with Gasteiger partial charge in [-0.3, -0.25) is 20.4 Å². The number of hydrogen-bond donors (Lipinski definition) is 3. The Hall–Kier alpha value is -3.23. The molecule has 0 bridgehead atoms. The zero-order valence-corrected chi connectivity index (χ0v) is 13.5. The highest BCUT2D eigenvalue weighted by atomic mass is 16.7. The predicted molar refractivity (Wildman–Crippen MR) is 83.9 cm³/mol. The molecule has 2 aliphatic rings. The van der Waals surface area contributed by atoms with E-state index < -0.39 is 18.0 Å². The maximum Gasteiger partial charge on any atom is 0.356 e. The molecule has 2 amide bonds. The molecule has 2 aliphatic heterocycles. The molecule has 0 spiro atoms. The van der Waals surface area contributed by atoms with Gasteiger partial charge >= 0.3 is 5.97 Å². The average molecular weight is 347 g/mol. The van der Waals surface area contributed by atoms with E-state index in [0.717, 1.165) is 5.56 Å². The van der Waals surface area contributed by atoms with Crippen LogP contribution in [0.15, 0.2) is 30.0 Å². The van der Waals surface area contributed by atoms with Crippen molar-refractivity contribution in [3.05, 3.63) is 35.5 Å². The molecule has 132 valence electrons. The SMILES string of the molecule is C[C@@H](OC(=O)C1=CCC(=O)NN1)C(=O)NCc1ccc2c(c1)OCO2. The number of rotatable bonds is 5. The Kier molecular flexibility index (Phi) is 4.73. The van der Waals surface area contributed by atoms with Gasteiger partial charge in [0.25, 0.3) is 5.91 Å². The standard InChI is InChI=1S/C16H17N3O6/c1-9(25-16(22)11-3-5-14(20)19-18-11)15(21)17-7-10-2-4-12-13(6-10)24-8-23-12/h2-4,6,9,18H,5,7-8H2,1H3,(H,17,21)(H,19,20)/t9-/m1/s1. The summed E-state index contributed by atoms with van der Waals surface area (Å²) in [6.07, 6.45) is 0.488. The van der Waals surface area contributed by atoms with Crippen molar-refractivity contribution in [3.8, 4) is 11.5 Å². The summed E-state index contributed by atoms with van der Waals surface area (Å²) in [6.45, 7) is 1.91. The third-order valence-corrected chi connectivity index (χ3v) is 3.60. The largest absolute Gasteiger partial charge is 0.454 e. The van der Waals surface area contributed by atoms with Crippen LogP contribution in [0.25, 0.3) is 0 Å². The summed E-state index contributed by atoms with van der Waals surface area (Å²) in [4.78, 5) is 35.0. The first-order valence-electron chi connectivity index (χ1n) is 7.65. The van der Waals surface area contributed by atoms with E-state index in [1.807, 2.05) is 6.07 Å². The van der Waals surface area contributed by atoms with Gasteiger partial charge in [-0.05, 0) is 30.7 Å². The summed E-state index contributed by atoms with van der Waals surface area (Å²) in [6, 6.07) is 5.35. The molecule has 2 heterocycles. The summed E-state index contributed by atoms with van der Waals surface area (Å²) in [7, 11) is 0. The minimum absolute atomic E-state index is 0.0716. The average Bonchev–Trinajstić information content (AvgIpc) is 3.07. The van der Waals surface area contributed by atoms with Gasteiger partial charge in [0.15, 0.2) is 17.6 Å². The molecular formula is C16H17N3O6. The number of esters is 1. The Morgan fingerprint density at radius 2 is 2.08 bits per heavy atom. The van der Waals surface area contributed by atoms with Crippen molar-refractivity contribution < 1.29 is 28.6 Å². The Labute approximate surface area is 143 Å². The molecule has 0 radical (unpaired) electrons. The Morgan fingerprint density at radius 3 is 2.84 bits per heavy atom. The monoisotopic (exact) mass is 347 g/mol. The third kappa shape index (κ3) is 4.00. The highest BCUT2D eigenvalue weighted by Gasteiger charge is 2.22. The molecule has 1 aromatic carbocycles. The van der Waals surface area contributed by atoms with Crippen molar-refractivity contribution in [2.75, 3.05) is 6.79 Å². The number of hydrogen-bond acceptors (Lipinski definition) is 7. The van der Waals surface area contributed by atoms with Gasteiger partial charge in [0, 0.05) is 13.0 Å². The lowest BCUT2D eigenvalue weighted by Gasteiger charge is -2.18. The topological polar surface area (TPSA) is 115 Å². The molecule has 0 fully saturated rings. The van der Waals surface area contributed by atoms with Gasteiger partial charge in [-0.15, -0.1) is 0 Å². The van der Waals surface area contributed by atoms with E-state index in [9.17, 15) is 14.4 Å². The van der Waals surface area contributed by atoms with E-state index in [-0.39, 0.29) is 31.4 Å². The molecule has 0 saturated carbocycles. The van der Waals surface area contributed by atoms with Gasteiger partial charge < -0.3 is 19.5 Å². The van der Waals surface area contributed by atoms with Crippen LogP contribution < -0.4 is 25.6 Å². The Balaban J connectivity index is 1.49. The van der Waals surface area contributed by atoms with Crippen LogP contribution in [0.1, 0.15) is 18.9 Å². The second-order valence-electron chi connectivity index (χ2n) is 5.45. The van der Waals surface area contributed by atoms with E-state index in [2.05, 4.69) is 16.2 Å². The quantitative estimate of drug-likeness (QED) is 0.636. The van der Waals surface area contributed by atoms with Crippen molar-refractivity contribution in [1.82, 2.24) is 16.2 Å². The van der Waals surface area contributed by atoms with Crippen LogP contribution >= 0.6 is 0 Å². The lowest BCUT2D eigenvalue weighted by molar-refractivity contribution is -0.151.